The molecule has 0 atom stereocenters. The fraction of sp³-hybridized carbons (Fsp3) is 0.438. The van der Waals surface area contributed by atoms with E-state index in [-0.39, 0.29) is 6.04 Å². The summed E-state index contributed by atoms with van der Waals surface area (Å²) >= 11 is 0. The largest absolute Gasteiger partial charge is 0.493 e. The zero-order valence-electron chi connectivity index (χ0n) is 25.2. The highest BCUT2D eigenvalue weighted by atomic mass is 16.5. The number of ether oxygens (including phenoxy) is 2. The molecule has 12 nitrogen and oxygen atoms in total. The molecule has 6 heterocycles. The van der Waals surface area contributed by atoms with Gasteiger partial charge in [-0.2, -0.15) is 15.0 Å². The van der Waals surface area contributed by atoms with Crippen LogP contribution in [0.1, 0.15) is 38.2 Å². The monoisotopic (exact) mass is 598 g/mol. The van der Waals surface area contributed by atoms with Gasteiger partial charge in [0.05, 0.1) is 13.7 Å². The maximum absolute atomic E-state index is 6.12. The second-order valence-electron chi connectivity index (χ2n) is 11.4. The summed E-state index contributed by atoms with van der Waals surface area (Å²) in [7, 11) is 1.68. The van der Waals surface area contributed by atoms with Gasteiger partial charge >= 0.3 is 12.0 Å². The molecule has 4 aromatic heterocycles. The van der Waals surface area contributed by atoms with Crippen LogP contribution in [0.2, 0.25) is 0 Å². The maximum Gasteiger partial charge on any atom is 0.308 e. The van der Waals surface area contributed by atoms with Gasteiger partial charge in [-0.15, -0.1) is 0 Å². The highest BCUT2D eigenvalue weighted by molar-refractivity contribution is 5.75. The fourth-order valence-electron chi connectivity index (χ4n) is 6.48. The molecule has 0 unspecified atom stereocenters. The SMILES string of the molecule is CCOc1cc(CN2CCC(N3CCC(N(c4nc5cccnc5o4)c4nc5ccc(N)nc5o4)CC3)CC2)ccc1OC. The number of aromatic nitrogens is 4. The number of hydrogen-bond donors (Lipinski definition) is 1. The molecule has 5 aromatic rings. The van der Waals surface area contributed by atoms with Gasteiger partial charge in [0.2, 0.25) is 5.71 Å². The number of nitrogens with two attached hydrogens (primary N) is 1. The molecule has 0 spiro atoms. The number of likely N-dealkylation sites (tertiary alicyclic amines) is 2. The van der Waals surface area contributed by atoms with Crippen LogP contribution in [-0.4, -0.2) is 81.7 Å². The minimum Gasteiger partial charge on any atom is -0.493 e. The summed E-state index contributed by atoms with van der Waals surface area (Å²) in [5.74, 6) is 1.98. The summed E-state index contributed by atoms with van der Waals surface area (Å²) in [4.78, 5) is 25.3. The van der Waals surface area contributed by atoms with Gasteiger partial charge in [-0.3, -0.25) is 4.90 Å². The third kappa shape index (κ3) is 5.74. The molecule has 230 valence electrons. The Bertz CT molecular complexity index is 1690. The predicted molar refractivity (Wildman–Crippen MR) is 167 cm³/mol. The van der Waals surface area contributed by atoms with Gasteiger partial charge in [-0.05, 0) is 87.7 Å². The van der Waals surface area contributed by atoms with Crippen LogP contribution in [0.4, 0.5) is 17.8 Å². The molecule has 0 amide bonds. The number of fused-ring (bicyclic) bond motifs is 2. The van der Waals surface area contributed by atoms with E-state index in [9.17, 15) is 0 Å². The van der Waals surface area contributed by atoms with E-state index in [1.54, 1.807) is 19.4 Å². The average molecular weight is 599 g/mol. The lowest BCUT2D eigenvalue weighted by Gasteiger charge is -2.43. The van der Waals surface area contributed by atoms with Crippen molar-refractivity contribution < 1.29 is 18.3 Å². The van der Waals surface area contributed by atoms with Gasteiger partial charge in [0.15, 0.2) is 11.5 Å². The molecule has 2 saturated heterocycles. The molecule has 44 heavy (non-hydrogen) atoms. The van der Waals surface area contributed by atoms with E-state index in [1.165, 1.54) is 5.56 Å². The third-order valence-corrected chi connectivity index (χ3v) is 8.70. The van der Waals surface area contributed by atoms with E-state index in [4.69, 9.17) is 34.0 Å². The predicted octanol–water partition coefficient (Wildman–Crippen LogP) is 5.02. The number of oxazole rings is 2. The van der Waals surface area contributed by atoms with Gasteiger partial charge < -0.3 is 28.9 Å². The molecule has 2 N–H and O–H groups in total. The molecule has 1 aromatic carbocycles. The Balaban J connectivity index is 1.01. The summed E-state index contributed by atoms with van der Waals surface area (Å²) in [5, 5.41) is 0. The van der Waals surface area contributed by atoms with Crippen LogP contribution in [-0.2, 0) is 6.54 Å². The van der Waals surface area contributed by atoms with Crippen molar-refractivity contribution in [2.75, 3.05) is 50.5 Å². The first-order chi connectivity index (χ1) is 21.6. The Hall–Kier alpha value is -4.42. The minimum atomic E-state index is 0.0967. The minimum absolute atomic E-state index is 0.0967. The number of methoxy groups -OCH3 is 1. The van der Waals surface area contributed by atoms with Crippen molar-refractivity contribution in [2.24, 2.45) is 0 Å². The summed E-state index contributed by atoms with van der Waals surface area (Å²) in [6, 6.07) is 15.0. The standard InChI is InChI=1S/C32H38N8O4/c1-3-42-27-19-21(6-8-26(27)41-2)20-38-15-10-22(11-16-38)39-17-12-23(13-18-39)40(31-35-24-5-4-14-34-29(24)43-31)32-36-25-7-9-28(33)37-30(25)44-32/h4-9,14,19,22-23H,3,10-13,15-18,20H2,1-2H3,(H2,33,37). The van der Waals surface area contributed by atoms with Gasteiger partial charge in [-0.1, -0.05) is 6.07 Å². The fourth-order valence-corrected chi connectivity index (χ4v) is 6.48. The smallest absolute Gasteiger partial charge is 0.308 e. The van der Waals surface area contributed by atoms with Crippen molar-refractivity contribution in [3.63, 3.8) is 0 Å². The van der Waals surface area contributed by atoms with Gasteiger partial charge in [0, 0.05) is 37.9 Å². The van der Waals surface area contributed by atoms with Crippen LogP contribution in [0.15, 0.2) is 57.5 Å². The molecular weight excluding hydrogens is 560 g/mol. The number of nitrogen functional groups attached to an aromatic ring is 1. The first kappa shape index (κ1) is 28.4. The van der Waals surface area contributed by atoms with Crippen molar-refractivity contribution in [3.8, 4) is 11.5 Å². The van der Waals surface area contributed by atoms with Gasteiger partial charge in [0.25, 0.3) is 5.71 Å². The van der Waals surface area contributed by atoms with Crippen molar-refractivity contribution in [1.29, 1.82) is 0 Å². The maximum atomic E-state index is 6.12. The summed E-state index contributed by atoms with van der Waals surface area (Å²) in [6.07, 6.45) is 5.85. The molecule has 0 bridgehead atoms. The van der Waals surface area contributed by atoms with Crippen LogP contribution in [0.3, 0.4) is 0 Å². The Morgan fingerprint density at radius 1 is 0.886 bits per heavy atom. The number of pyridine rings is 2. The van der Waals surface area contributed by atoms with E-state index in [0.29, 0.717) is 53.0 Å². The number of rotatable bonds is 9. The molecular formula is C32H38N8O4. The van der Waals surface area contributed by atoms with E-state index >= 15 is 0 Å². The van der Waals surface area contributed by atoms with Crippen LogP contribution in [0, 0.1) is 0 Å². The third-order valence-electron chi connectivity index (χ3n) is 8.70. The molecule has 12 heteroatoms. The zero-order chi connectivity index (χ0) is 30.0. The quantitative estimate of drug-likeness (QED) is 0.244. The number of nitrogens with zero attached hydrogens (tertiary/aromatic N) is 7. The normalized spacial score (nSPS) is 17.4. The highest BCUT2D eigenvalue weighted by Crippen LogP contribution is 2.35. The van der Waals surface area contributed by atoms with Gasteiger partial charge in [-0.25, -0.2) is 9.88 Å². The number of benzene rings is 1. The molecule has 2 fully saturated rings. The lowest BCUT2D eigenvalue weighted by molar-refractivity contribution is 0.0844. The van der Waals surface area contributed by atoms with Crippen molar-refractivity contribution in [1.82, 2.24) is 29.7 Å². The van der Waals surface area contributed by atoms with Crippen LogP contribution in [0.25, 0.3) is 22.5 Å². The van der Waals surface area contributed by atoms with Gasteiger partial charge in [0.1, 0.15) is 16.9 Å². The van der Waals surface area contributed by atoms with Crippen LogP contribution < -0.4 is 20.1 Å². The molecule has 2 aliphatic heterocycles. The Labute approximate surface area is 255 Å². The first-order valence-electron chi connectivity index (χ1n) is 15.4. The Morgan fingerprint density at radius 2 is 1.64 bits per heavy atom. The lowest BCUT2D eigenvalue weighted by atomic mass is 9.97. The topological polar surface area (TPSA) is 132 Å². The van der Waals surface area contributed by atoms with Crippen molar-refractivity contribution >= 4 is 40.3 Å². The lowest BCUT2D eigenvalue weighted by Crippen LogP contribution is -2.50. The molecule has 7 rings (SSSR count). The second-order valence-corrected chi connectivity index (χ2v) is 11.4. The molecule has 0 radical (unpaired) electrons. The second kappa shape index (κ2) is 12.3. The van der Waals surface area contributed by atoms with Crippen molar-refractivity contribution in [3.05, 3.63) is 54.2 Å². The number of anilines is 3. The summed E-state index contributed by atoms with van der Waals surface area (Å²) < 4.78 is 23.5. The summed E-state index contributed by atoms with van der Waals surface area (Å²) in [6.45, 7) is 7.63. The van der Waals surface area contributed by atoms with E-state index in [2.05, 4.69) is 31.9 Å². The molecule has 0 aliphatic carbocycles. The number of hydrogen-bond acceptors (Lipinski definition) is 12. The van der Waals surface area contributed by atoms with Crippen LogP contribution in [0.5, 0.6) is 11.5 Å². The molecule has 0 saturated carbocycles. The number of piperidine rings is 2. The summed E-state index contributed by atoms with van der Waals surface area (Å²) in [5.41, 5.74) is 9.37. The zero-order valence-corrected chi connectivity index (χ0v) is 25.2. The first-order valence-corrected chi connectivity index (χ1v) is 15.4. The van der Waals surface area contributed by atoms with Crippen LogP contribution >= 0.6 is 0 Å². The van der Waals surface area contributed by atoms with E-state index in [0.717, 1.165) is 69.9 Å². The van der Waals surface area contributed by atoms with E-state index < -0.39 is 0 Å². The van der Waals surface area contributed by atoms with Crippen molar-refractivity contribution in [2.45, 2.75) is 51.2 Å². The average Bonchev–Trinajstić information content (AvgIpc) is 3.66. The Morgan fingerprint density at radius 3 is 2.36 bits per heavy atom. The molecule has 2 aliphatic rings. The highest BCUT2D eigenvalue weighted by Gasteiger charge is 2.35. The Kier molecular flexibility index (Phi) is 7.92. The van der Waals surface area contributed by atoms with E-state index in [1.807, 2.05) is 36.1 Å².